The van der Waals surface area contributed by atoms with Crippen LogP contribution >= 0.6 is 22.9 Å². The van der Waals surface area contributed by atoms with Gasteiger partial charge in [-0.2, -0.15) is 0 Å². The first-order chi connectivity index (χ1) is 8.07. The Morgan fingerprint density at radius 2 is 2.00 bits per heavy atom. The normalized spacial score (nSPS) is 47.6. The van der Waals surface area contributed by atoms with Crippen molar-refractivity contribution in [2.45, 2.75) is 55.7 Å². The maximum atomic E-state index is 6.85. The molecule has 0 saturated heterocycles. The number of aromatic nitrogens is 1. The average Bonchev–Trinajstić information content (AvgIpc) is 2.61. The van der Waals surface area contributed by atoms with E-state index in [1.165, 1.54) is 49.2 Å². The van der Waals surface area contributed by atoms with E-state index in [4.69, 9.17) is 16.6 Å². The van der Waals surface area contributed by atoms with Crippen molar-refractivity contribution >= 4 is 22.9 Å². The highest BCUT2D eigenvalue weighted by atomic mass is 35.5. The zero-order chi connectivity index (χ0) is 11.7. The highest BCUT2D eigenvalue weighted by Crippen LogP contribution is 2.64. The van der Waals surface area contributed by atoms with Crippen LogP contribution in [0.25, 0.3) is 0 Å². The Morgan fingerprint density at radius 1 is 1.29 bits per heavy atom. The second-order valence-electron chi connectivity index (χ2n) is 6.64. The van der Waals surface area contributed by atoms with E-state index in [9.17, 15) is 0 Å². The zero-order valence-electron chi connectivity index (χ0n) is 10.2. The van der Waals surface area contributed by atoms with Crippen LogP contribution in [-0.2, 0) is 5.41 Å². The number of aryl methyl sites for hydroxylation is 1. The lowest BCUT2D eigenvalue weighted by molar-refractivity contribution is 0.00711. The molecule has 3 heteroatoms. The maximum absolute atomic E-state index is 6.85. The molecule has 1 aromatic heterocycles. The van der Waals surface area contributed by atoms with E-state index in [1.807, 2.05) is 0 Å². The second-order valence-corrected chi connectivity index (χ2v) is 8.51. The van der Waals surface area contributed by atoms with Crippen LogP contribution in [0.4, 0.5) is 0 Å². The summed E-state index contributed by atoms with van der Waals surface area (Å²) in [6.07, 6.45) is 7.82. The molecule has 4 saturated carbocycles. The summed E-state index contributed by atoms with van der Waals surface area (Å²) < 4.78 is 0. The van der Waals surface area contributed by atoms with Gasteiger partial charge in [-0.25, -0.2) is 4.98 Å². The summed E-state index contributed by atoms with van der Waals surface area (Å²) in [5, 5.41) is 3.50. The van der Waals surface area contributed by atoms with Gasteiger partial charge >= 0.3 is 0 Å². The van der Waals surface area contributed by atoms with Gasteiger partial charge in [-0.3, -0.25) is 0 Å². The van der Waals surface area contributed by atoms with Crippen molar-refractivity contribution in [3.8, 4) is 0 Å². The molecule has 1 aromatic rings. The van der Waals surface area contributed by atoms with Gasteiger partial charge in [0.15, 0.2) is 0 Å². The van der Waals surface area contributed by atoms with Crippen LogP contribution in [-0.4, -0.2) is 9.86 Å². The van der Waals surface area contributed by atoms with Crippen LogP contribution in [0.3, 0.4) is 0 Å². The molecule has 17 heavy (non-hydrogen) atoms. The van der Waals surface area contributed by atoms with Crippen molar-refractivity contribution in [2.24, 2.45) is 11.8 Å². The number of halogens is 1. The van der Waals surface area contributed by atoms with Crippen molar-refractivity contribution < 1.29 is 0 Å². The molecule has 2 atom stereocenters. The number of hydrogen-bond acceptors (Lipinski definition) is 2. The molecule has 2 unspecified atom stereocenters. The number of hydrogen-bond donors (Lipinski definition) is 0. The van der Waals surface area contributed by atoms with Crippen molar-refractivity contribution in [2.75, 3.05) is 0 Å². The fourth-order valence-corrected chi connectivity index (χ4v) is 6.49. The molecule has 0 spiro atoms. The van der Waals surface area contributed by atoms with Crippen LogP contribution in [0.5, 0.6) is 0 Å². The Kier molecular flexibility index (Phi) is 2.08. The number of nitrogens with zero attached hydrogens (tertiary/aromatic N) is 1. The Morgan fingerprint density at radius 3 is 2.53 bits per heavy atom. The monoisotopic (exact) mass is 267 g/mol. The maximum Gasteiger partial charge on any atom is 0.0897 e. The Hall–Kier alpha value is -0.0800. The lowest BCUT2D eigenvalue weighted by Gasteiger charge is -2.59. The van der Waals surface area contributed by atoms with Gasteiger partial charge in [0.1, 0.15) is 0 Å². The Labute approximate surface area is 112 Å². The summed E-state index contributed by atoms with van der Waals surface area (Å²) in [6, 6.07) is 0. The van der Waals surface area contributed by atoms with Crippen LogP contribution in [0.2, 0.25) is 0 Å². The zero-order valence-corrected chi connectivity index (χ0v) is 11.8. The predicted molar refractivity (Wildman–Crippen MR) is 71.8 cm³/mol. The molecular weight excluding hydrogens is 250 g/mol. The second kappa shape index (κ2) is 3.27. The van der Waals surface area contributed by atoms with E-state index in [0.29, 0.717) is 5.41 Å². The third-order valence-electron chi connectivity index (χ3n) is 5.15. The number of thiazole rings is 1. The van der Waals surface area contributed by atoms with Crippen molar-refractivity contribution in [1.82, 2.24) is 4.98 Å². The summed E-state index contributed by atoms with van der Waals surface area (Å²) in [5.74, 6) is 1.74. The molecule has 1 heterocycles. The quantitative estimate of drug-likeness (QED) is 0.692. The molecule has 0 radical (unpaired) electrons. The van der Waals surface area contributed by atoms with Crippen LogP contribution in [0.15, 0.2) is 5.38 Å². The summed E-state index contributed by atoms with van der Waals surface area (Å²) in [4.78, 5) is 4.90. The van der Waals surface area contributed by atoms with Gasteiger partial charge in [0.25, 0.3) is 0 Å². The fraction of sp³-hybridized carbons (Fsp3) is 0.786. The van der Waals surface area contributed by atoms with Gasteiger partial charge in [0, 0.05) is 15.7 Å². The predicted octanol–water partition coefficient (Wildman–Crippen LogP) is 4.28. The van der Waals surface area contributed by atoms with Crippen molar-refractivity contribution in [3.05, 3.63) is 16.1 Å². The van der Waals surface area contributed by atoms with E-state index in [1.54, 1.807) is 11.3 Å². The molecule has 0 aromatic carbocycles. The Bertz CT molecular complexity index is 453. The standard InChI is InChI=1S/C14H18ClNS/c1-9-16-12(7-17-9)13-3-10-2-11(4-13)6-14(15,5-10)8-13/h7,10-11H,2-6,8H2,1H3. The molecule has 4 fully saturated rings. The smallest absolute Gasteiger partial charge is 0.0897 e. The van der Waals surface area contributed by atoms with Gasteiger partial charge in [-0.15, -0.1) is 22.9 Å². The molecule has 4 aliphatic carbocycles. The van der Waals surface area contributed by atoms with Gasteiger partial charge in [0.05, 0.1) is 10.7 Å². The third-order valence-corrected chi connectivity index (χ3v) is 6.37. The summed E-state index contributed by atoms with van der Waals surface area (Å²) in [7, 11) is 0. The average molecular weight is 268 g/mol. The van der Waals surface area contributed by atoms with Crippen molar-refractivity contribution in [3.63, 3.8) is 0 Å². The molecule has 1 nitrogen and oxygen atoms in total. The van der Waals surface area contributed by atoms with Crippen LogP contribution < -0.4 is 0 Å². The molecule has 5 rings (SSSR count). The highest BCUT2D eigenvalue weighted by Gasteiger charge is 2.58. The van der Waals surface area contributed by atoms with E-state index in [-0.39, 0.29) is 4.87 Å². The molecule has 4 aliphatic rings. The summed E-state index contributed by atoms with van der Waals surface area (Å²) in [5.41, 5.74) is 1.70. The molecule has 4 bridgehead atoms. The first kappa shape index (κ1) is 10.8. The van der Waals surface area contributed by atoms with Gasteiger partial charge in [0.2, 0.25) is 0 Å². The molecule has 0 aliphatic heterocycles. The fourth-order valence-electron chi connectivity index (χ4n) is 5.06. The van der Waals surface area contributed by atoms with Crippen LogP contribution in [0.1, 0.15) is 49.2 Å². The Balaban J connectivity index is 1.79. The van der Waals surface area contributed by atoms with Gasteiger partial charge in [-0.05, 0) is 57.3 Å². The van der Waals surface area contributed by atoms with E-state index in [0.717, 1.165) is 11.8 Å². The summed E-state index contributed by atoms with van der Waals surface area (Å²) in [6.45, 7) is 2.12. The summed E-state index contributed by atoms with van der Waals surface area (Å²) >= 11 is 8.65. The minimum Gasteiger partial charge on any atom is -0.246 e. The third kappa shape index (κ3) is 1.53. The van der Waals surface area contributed by atoms with E-state index >= 15 is 0 Å². The first-order valence-electron chi connectivity index (χ1n) is 6.69. The largest absolute Gasteiger partial charge is 0.246 e. The minimum absolute atomic E-state index is 0.113. The van der Waals surface area contributed by atoms with Crippen LogP contribution in [0, 0.1) is 18.8 Å². The lowest BCUT2D eigenvalue weighted by Crippen LogP contribution is -2.55. The van der Waals surface area contributed by atoms with Crippen molar-refractivity contribution in [1.29, 1.82) is 0 Å². The van der Waals surface area contributed by atoms with Gasteiger partial charge < -0.3 is 0 Å². The molecule has 0 N–H and O–H groups in total. The highest BCUT2D eigenvalue weighted by molar-refractivity contribution is 7.09. The first-order valence-corrected chi connectivity index (χ1v) is 7.94. The number of rotatable bonds is 1. The van der Waals surface area contributed by atoms with Gasteiger partial charge in [-0.1, -0.05) is 0 Å². The van der Waals surface area contributed by atoms with E-state index < -0.39 is 0 Å². The minimum atomic E-state index is 0.113. The molecular formula is C14H18ClNS. The number of alkyl halides is 1. The molecule has 92 valence electrons. The SMILES string of the molecule is Cc1nc(C23CC4CC(CC(Cl)(C4)C2)C3)cs1. The lowest BCUT2D eigenvalue weighted by atomic mass is 9.48. The molecule has 0 amide bonds. The topological polar surface area (TPSA) is 12.9 Å². The van der Waals surface area contributed by atoms with E-state index in [2.05, 4.69) is 12.3 Å².